The molecule has 0 nitrogen and oxygen atoms in total. The molecule has 1 aromatic rings. The molecular formula is C20H26F4. The van der Waals surface area contributed by atoms with Crippen LogP contribution in [-0.2, 0) is 6.18 Å². The topological polar surface area (TPSA) is 0 Å². The summed E-state index contributed by atoms with van der Waals surface area (Å²) in [6.45, 7) is 2.32. The Morgan fingerprint density at radius 2 is 1.38 bits per heavy atom. The highest BCUT2D eigenvalue weighted by Gasteiger charge is 2.35. The van der Waals surface area contributed by atoms with E-state index in [1.165, 1.54) is 31.7 Å². The van der Waals surface area contributed by atoms with Gasteiger partial charge in [0.05, 0.1) is 5.56 Å². The molecule has 0 aliphatic heterocycles. The zero-order valence-electron chi connectivity index (χ0n) is 14.2. The van der Waals surface area contributed by atoms with Crippen molar-refractivity contribution >= 4 is 0 Å². The van der Waals surface area contributed by atoms with Crippen molar-refractivity contribution in [2.75, 3.05) is 0 Å². The van der Waals surface area contributed by atoms with Gasteiger partial charge in [0.15, 0.2) is 0 Å². The smallest absolute Gasteiger partial charge is 0.206 e. The summed E-state index contributed by atoms with van der Waals surface area (Å²) in [6, 6.07) is 3.55. The van der Waals surface area contributed by atoms with Crippen molar-refractivity contribution in [1.29, 1.82) is 0 Å². The Labute approximate surface area is 141 Å². The van der Waals surface area contributed by atoms with Gasteiger partial charge in [0, 0.05) is 0 Å². The second kappa shape index (κ2) is 7.05. The summed E-state index contributed by atoms with van der Waals surface area (Å²) >= 11 is 0. The van der Waals surface area contributed by atoms with Crippen molar-refractivity contribution < 1.29 is 17.6 Å². The van der Waals surface area contributed by atoms with Gasteiger partial charge in [-0.2, -0.15) is 13.2 Å². The van der Waals surface area contributed by atoms with Gasteiger partial charge in [0.25, 0.3) is 0 Å². The van der Waals surface area contributed by atoms with Crippen LogP contribution in [0.3, 0.4) is 0 Å². The van der Waals surface area contributed by atoms with E-state index in [4.69, 9.17) is 0 Å². The molecule has 134 valence electrons. The number of rotatable bonds is 2. The van der Waals surface area contributed by atoms with E-state index in [2.05, 4.69) is 6.92 Å². The molecule has 2 saturated carbocycles. The maximum atomic E-state index is 13.4. The van der Waals surface area contributed by atoms with Gasteiger partial charge in [0.1, 0.15) is 5.82 Å². The van der Waals surface area contributed by atoms with E-state index in [0.29, 0.717) is 5.56 Å². The molecule has 0 bridgehead atoms. The second-order valence-corrected chi connectivity index (χ2v) is 7.87. The van der Waals surface area contributed by atoms with Crippen molar-refractivity contribution in [2.24, 2.45) is 17.8 Å². The first-order valence-electron chi connectivity index (χ1n) is 9.21. The SMILES string of the molecule is CC1CCC(C2CCC(c3ccc(F)c(C(F)(F)F)c3)CC2)CC1. The van der Waals surface area contributed by atoms with Crippen molar-refractivity contribution in [3.05, 3.63) is 35.1 Å². The molecule has 0 amide bonds. The first-order chi connectivity index (χ1) is 11.3. The molecule has 2 fully saturated rings. The van der Waals surface area contributed by atoms with Crippen LogP contribution in [0.2, 0.25) is 0 Å². The minimum absolute atomic E-state index is 0.144. The predicted octanol–water partition coefficient (Wildman–Crippen LogP) is 6.94. The molecule has 2 aliphatic carbocycles. The van der Waals surface area contributed by atoms with Crippen LogP contribution in [0, 0.1) is 23.6 Å². The minimum atomic E-state index is -4.61. The Balaban J connectivity index is 1.63. The van der Waals surface area contributed by atoms with Crippen molar-refractivity contribution in [1.82, 2.24) is 0 Å². The Morgan fingerprint density at radius 3 is 1.92 bits per heavy atom. The number of hydrogen-bond donors (Lipinski definition) is 0. The van der Waals surface area contributed by atoms with Crippen molar-refractivity contribution in [3.63, 3.8) is 0 Å². The molecule has 1 aromatic carbocycles. The molecule has 0 unspecified atom stereocenters. The Bertz CT molecular complexity index is 547. The highest BCUT2D eigenvalue weighted by atomic mass is 19.4. The maximum absolute atomic E-state index is 13.4. The van der Waals surface area contributed by atoms with Gasteiger partial charge in [0.2, 0.25) is 0 Å². The summed E-state index contributed by atoms with van der Waals surface area (Å²) in [5.41, 5.74) is -0.470. The van der Waals surface area contributed by atoms with E-state index in [1.54, 1.807) is 0 Å². The molecule has 0 radical (unpaired) electrons. The van der Waals surface area contributed by atoms with Gasteiger partial charge < -0.3 is 0 Å². The minimum Gasteiger partial charge on any atom is -0.206 e. The molecule has 0 aromatic heterocycles. The van der Waals surface area contributed by atoms with Crippen LogP contribution in [0.15, 0.2) is 18.2 Å². The quantitative estimate of drug-likeness (QED) is 0.510. The lowest BCUT2D eigenvalue weighted by Crippen LogP contribution is -2.25. The average Bonchev–Trinajstić information content (AvgIpc) is 2.55. The molecule has 0 N–H and O–H groups in total. The largest absolute Gasteiger partial charge is 0.419 e. The molecule has 0 heterocycles. The zero-order chi connectivity index (χ0) is 17.3. The van der Waals surface area contributed by atoms with E-state index in [9.17, 15) is 17.6 Å². The van der Waals surface area contributed by atoms with Crippen LogP contribution in [0.5, 0.6) is 0 Å². The summed E-state index contributed by atoms with van der Waals surface area (Å²) in [5, 5.41) is 0. The summed E-state index contributed by atoms with van der Waals surface area (Å²) < 4.78 is 52.1. The lowest BCUT2D eigenvalue weighted by Gasteiger charge is -2.37. The third-order valence-corrected chi connectivity index (χ3v) is 6.27. The third kappa shape index (κ3) is 3.94. The molecule has 24 heavy (non-hydrogen) atoms. The molecule has 4 heteroatoms. The molecular weight excluding hydrogens is 316 g/mol. The fraction of sp³-hybridized carbons (Fsp3) is 0.700. The first-order valence-corrected chi connectivity index (χ1v) is 9.21. The van der Waals surface area contributed by atoms with Crippen LogP contribution >= 0.6 is 0 Å². The van der Waals surface area contributed by atoms with E-state index < -0.39 is 17.6 Å². The molecule has 2 aliphatic rings. The second-order valence-electron chi connectivity index (χ2n) is 7.87. The van der Waals surface area contributed by atoms with E-state index >= 15 is 0 Å². The lowest BCUT2D eigenvalue weighted by molar-refractivity contribution is -0.140. The number of hydrogen-bond acceptors (Lipinski definition) is 0. The average molecular weight is 342 g/mol. The van der Waals surface area contributed by atoms with E-state index in [-0.39, 0.29) is 5.92 Å². The Hall–Kier alpha value is -1.06. The number of benzene rings is 1. The number of halogens is 4. The van der Waals surface area contributed by atoms with Gasteiger partial charge >= 0.3 is 6.18 Å². The monoisotopic (exact) mass is 342 g/mol. The third-order valence-electron chi connectivity index (χ3n) is 6.27. The lowest BCUT2D eigenvalue weighted by atomic mass is 9.68. The van der Waals surface area contributed by atoms with Gasteiger partial charge in [-0.05, 0) is 79.9 Å². The zero-order valence-corrected chi connectivity index (χ0v) is 14.2. The van der Waals surface area contributed by atoms with Gasteiger partial charge in [-0.25, -0.2) is 4.39 Å². The van der Waals surface area contributed by atoms with Crippen LogP contribution in [0.4, 0.5) is 17.6 Å². The summed E-state index contributed by atoms with van der Waals surface area (Å²) in [5.74, 6) is 1.36. The summed E-state index contributed by atoms with van der Waals surface area (Å²) in [4.78, 5) is 0. The summed E-state index contributed by atoms with van der Waals surface area (Å²) in [6.07, 6.45) is 4.70. The Morgan fingerprint density at radius 1 is 0.833 bits per heavy atom. The fourth-order valence-electron chi connectivity index (χ4n) is 4.70. The summed E-state index contributed by atoms with van der Waals surface area (Å²) in [7, 11) is 0. The van der Waals surface area contributed by atoms with Crippen LogP contribution in [0.1, 0.15) is 75.3 Å². The number of alkyl halides is 3. The van der Waals surface area contributed by atoms with Gasteiger partial charge in [-0.15, -0.1) is 0 Å². The van der Waals surface area contributed by atoms with Crippen molar-refractivity contribution in [2.45, 2.75) is 70.4 Å². The fourth-order valence-corrected chi connectivity index (χ4v) is 4.70. The molecule has 0 spiro atoms. The van der Waals surface area contributed by atoms with E-state index in [1.807, 2.05) is 0 Å². The standard InChI is InChI=1S/C20H26F4/c1-13-2-4-14(5-3-13)15-6-8-16(9-7-15)17-10-11-19(21)18(12-17)20(22,23)24/h10-16H,2-9H2,1H3. The van der Waals surface area contributed by atoms with E-state index in [0.717, 1.165) is 55.6 Å². The molecule has 0 atom stereocenters. The highest BCUT2D eigenvalue weighted by Crippen LogP contribution is 2.44. The van der Waals surface area contributed by atoms with Crippen LogP contribution in [-0.4, -0.2) is 0 Å². The van der Waals surface area contributed by atoms with Crippen molar-refractivity contribution in [3.8, 4) is 0 Å². The maximum Gasteiger partial charge on any atom is 0.419 e. The first kappa shape index (κ1) is 17.8. The van der Waals surface area contributed by atoms with Crippen LogP contribution in [0.25, 0.3) is 0 Å². The normalized spacial score (nSPS) is 31.9. The molecule has 3 rings (SSSR count). The van der Waals surface area contributed by atoms with Gasteiger partial charge in [-0.3, -0.25) is 0 Å². The van der Waals surface area contributed by atoms with Crippen LogP contribution < -0.4 is 0 Å². The Kier molecular flexibility index (Phi) is 5.22. The highest BCUT2D eigenvalue weighted by molar-refractivity contribution is 5.30. The molecule has 0 saturated heterocycles. The predicted molar refractivity (Wildman–Crippen MR) is 87.2 cm³/mol. The van der Waals surface area contributed by atoms with Gasteiger partial charge in [-0.1, -0.05) is 25.8 Å².